The van der Waals surface area contributed by atoms with Crippen molar-refractivity contribution in [3.05, 3.63) is 59.7 Å². The highest BCUT2D eigenvalue weighted by Gasteiger charge is 2.21. The average Bonchev–Trinajstić information content (AvgIpc) is 1.01. The Morgan fingerprint density at radius 1 is 0.412 bits per heavy atom. The maximum Gasteiger partial charge on any atom is 0.311 e. The molecule has 3 rings (SSSR count). The molecule has 1 fully saturated rings. The molecular formula is C86H146N2O12S2. The van der Waals surface area contributed by atoms with Crippen molar-refractivity contribution in [2.75, 3.05) is 64.5 Å². The van der Waals surface area contributed by atoms with E-state index in [-0.39, 0.29) is 60.9 Å². The largest absolute Gasteiger partial charge is 0.465 e. The first kappa shape index (κ1) is 92.1. The normalized spacial score (nSPS) is 13.1. The smallest absolute Gasteiger partial charge is 0.311 e. The summed E-state index contributed by atoms with van der Waals surface area (Å²) in [6.07, 6.45) is 49.8. The first-order valence-electron chi connectivity index (χ1n) is 41.7. The molecule has 1 unspecified atom stereocenters. The van der Waals surface area contributed by atoms with Crippen LogP contribution in [-0.2, 0) is 60.6 Å². The van der Waals surface area contributed by atoms with Crippen molar-refractivity contribution in [3.63, 3.8) is 0 Å². The third-order valence-corrected chi connectivity index (χ3v) is 22.5. The third kappa shape index (κ3) is 52.8. The topological polar surface area (TPSA) is 164 Å². The molecule has 2 aromatic rings. The van der Waals surface area contributed by atoms with Crippen LogP contribution < -0.4 is 9.47 Å². The van der Waals surface area contributed by atoms with Gasteiger partial charge in [-0.15, -0.1) is 0 Å². The lowest BCUT2D eigenvalue weighted by atomic mass is 9.94. The van der Waals surface area contributed by atoms with Gasteiger partial charge in [-0.1, -0.05) is 247 Å². The van der Waals surface area contributed by atoms with Crippen LogP contribution >= 0.6 is 21.6 Å². The van der Waals surface area contributed by atoms with Crippen LogP contribution in [0.4, 0.5) is 0 Å². The fourth-order valence-electron chi connectivity index (χ4n) is 13.3. The van der Waals surface area contributed by atoms with Crippen molar-refractivity contribution in [3.8, 4) is 11.5 Å². The van der Waals surface area contributed by atoms with Gasteiger partial charge in [0.2, 0.25) is 0 Å². The number of hydrogen-bond donors (Lipinski definition) is 0. The Morgan fingerprint density at radius 3 is 1.17 bits per heavy atom. The molecule has 1 heterocycles. The second kappa shape index (κ2) is 64.1. The molecule has 1 saturated heterocycles. The monoisotopic (exact) mass is 1460 g/mol. The summed E-state index contributed by atoms with van der Waals surface area (Å²) in [6.45, 7) is 17.3. The molecule has 0 aromatic heterocycles. The van der Waals surface area contributed by atoms with Gasteiger partial charge in [0.25, 0.3) is 0 Å². The summed E-state index contributed by atoms with van der Waals surface area (Å²) in [4.78, 5) is 81.1. The number of esters is 6. The molecule has 0 N–H and O–H groups in total. The summed E-state index contributed by atoms with van der Waals surface area (Å²) in [7, 11) is 6.08. The number of piperidine rings is 1. The summed E-state index contributed by atoms with van der Waals surface area (Å²) in [5.74, 6) is 3.01. The number of rotatable bonds is 68. The maximum absolute atomic E-state index is 12.8. The van der Waals surface area contributed by atoms with Crippen molar-refractivity contribution in [2.24, 2.45) is 11.8 Å². The number of carbonyl (C=O) groups excluding carboxylic acids is 6. The molecule has 102 heavy (non-hydrogen) atoms. The second-order valence-corrected chi connectivity index (χ2v) is 32.4. The van der Waals surface area contributed by atoms with Crippen molar-refractivity contribution < 1.29 is 57.2 Å². The van der Waals surface area contributed by atoms with Gasteiger partial charge in [0.05, 0.1) is 26.1 Å². The van der Waals surface area contributed by atoms with Crippen molar-refractivity contribution >= 4 is 57.4 Å². The van der Waals surface area contributed by atoms with Gasteiger partial charge in [-0.05, 0) is 183 Å². The third-order valence-electron chi connectivity index (χ3n) is 20.1. The van der Waals surface area contributed by atoms with E-state index in [9.17, 15) is 28.8 Å². The predicted molar refractivity (Wildman–Crippen MR) is 424 cm³/mol. The Hall–Kier alpha value is -4.12. The minimum atomic E-state index is -0.262. The average molecular weight is 1460 g/mol. The van der Waals surface area contributed by atoms with E-state index in [0.29, 0.717) is 62.2 Å². The molecule has 1 atom stereocenters. The van der Waals surface area contributed by atoms with Crippen LogP contribution in [0.25, 0.3) is 0 Å². The summed E-state index contributed by atoms with van der Waals surface area (Å²) >= 11 is 0. The fraction of sp³-hybridized carbons (Fsp3) is 0.791. The highest BCUT2D eigenvalue weighted by molar-refractivity contribution is 8.76. The van der Waals surface area contributed by atoms with E-state index in [1.54, 1.807) is 24.3 Å². The van der Waals surface area contributed by atoms with Gasteiger partial charge in [0.15, 0.2) is 0 Å². The number of carbonyl (C=O) groups is 6. The van der Waals surface area contributed by atoms with Crippen LogP contribution in [0.5, 0.6) is 11.5 Å². The standard InChI is InChI=1S/C86H146N2O12S2/c1-7-11-15-19-25-33-41-77(42-34-26-20-16-12-8-2)97-81(89)45-37-29-23-31-39-47-83(91)99-79-53-49-75(50-54-79)71-85(93)95-67-60-73(5)57-62-87(6)65-69-101-102-70-66-88-63-58-74(59-64-88)61-68-96-86(94)72-76-51-55-80(56-52-76)100-84(92)48-40-32-24-30-38-46-82(90)98-78(43-35-27-21-17-13-9-3)44-36-28-22-18-14-10-4/h49-56,73-74,77-78H,7-48,57-72H2,1-6H3. The molecule has 0 radical (unpaired) electrons. The molecule has 0 saturated carbocycles. The van der Waals surface area contributed by atoms with E-state index in [0.717, 1.165) is 203 Å². The summed E-state index contributed by atoms with van der Waals surface area (Å²) in [5.41, 5.74) is 1.65. The summed E-state index contributed by atoms with van der Waals surface area (Å²) in [6, 6.07) is 14.2. The number of hydrogen-bond acceptors (Lipinski definition) is 16. The molecule has 584 valence electrons. The quantitative estimate of drug-likeness (QED) is 0.0202. The molecular weight excluding hydrogens is 1320 g/mol. The Morgan fingerprint density at radius 2 is 0.765 bits per heavy atom. The first-order valence-corrected chi connectivity index (χ1v) is 44.2. The highest BCUT2D eigenvalue weighted by atomic mass is 33.1. The lowest BCUT2D eigenvalue weighted by Gasteiger charge is -2.31. The van der Waals surface area contributed by atoms with Gasteiger partial charge in [0.1, 0.15) is 23.7 Å². The minimum Gasteiger partial charge on any atom is -0.465 e. The van der Waals surface area contributed by atoms with E-state index in [4.69, 9.17) is 28.4 Å². The van der Waals surface area contributed by atoms with Crippen molar-refractivity contribution in [1.29, 1.82) is 0 Å². The molecule has 16 heteroatoms. The highest BCUT2D eigenvalue weighted by Crippen LogP contribution is 2.27. The SMILES string of the molecule is CCCCCCCCC(CCCCCCCC)OC(=O)CCCCCCCC(=O)Oc1ccc(CC(=O)OCCC(C)CCN(C)CCSSCCN2CCC(CCOC(=O)Cc3ccc(OC(=O)CCCCCCCC(=O)OC(CCCCCCCC)CCCCCCCC)cc3)CC2)cc1. The molecule has 0 aliphatic carbocycles. The minimum absolute atomic E-state index is 0.0548. The van der Waals surface area contributed by atoms with E-state index < -0.39 is 0 Å². The van der Waals surface area contributed by atoms with Crippen LogP contribution in [0.2, 0.25) is 0 Å². The van der Waals surface area contributed by atoms with E-state index in [2.05, 4.69) is 51.5 Å². The van der Waals surface area contributed by atoms with Crippen LogP contribution in [0.15, 0.2) is 48.5 Å². The van der Waals surface area contributed by atoms with Crippen molar-refractivity contribution in [1.82, 2.24) is 9.80 Å². The van der Waals surface area contributed by atoms with E-state index in [1.165, 1.54) is 128 Å². The van der Waals surface area contributed by atoms with Gasteiger partial charge in [-0.3, -0.25) is 28.8 Å². The van der Waals surface area contributed by atoms with Gasteiger partial charge in [0, 0.05) is 50.3 Å². The molecule has 2 aromatic carbocycles. The number of ether oxygens (including phenoxy) is 6. The van der Waals surface area contributed by atoms with Gasteiger partial charge in [-0.25, -0.2) is 0 Å². The zero-order valence-corrected chi connectivity index (χ0v) is 67.2. The van der Waals surface area contributed by atoms with E-state index >= 15 is 0 Å². The predicted octanol–water partition coefficient (Wildman–Crippen LogP) is 22.5. The lowest BCUT2D eigenvalue weighted by molar-refractivity contribution is -0.151. The molecule has 0 spiro atoms. The lowest BCUT2D eigenvalue weighted by Crippen LogP contribution is -2.35. The Kier molecular flexibility index (Phi) is 57.9. The van der Waals surface area contributed by atoms with Crippen LogP contribution in [-0.4, -0.2) is 122 Å². The number of nitrogens with zero attached hydrogens (tertiary/aromatic N) is 2. The molecule has 0 amide bonds. The first-order chi connectivity index (χ1) is 49.8. The second-order valence-electron chi connectivity index (χ2n) is 29.7. The summed E-state index contributed by atoms with van der Waals surface area (Å²) in [5, 5.41) is 0. The Labute approximate surface area is 629 Å². The van der Waals surface area contributed by atoms with Crippen LogP contribution in [0.1, 0.15) is 348 Å². The van der Waals surface area contributed by atoms with Crippen LogP contribution in [0.3, 0.4) is 0 Å². The van der Waals surface area contributed by atoms with E-state index in [1.807, 2.05) is 45.9 Å². The zero-order valence-electron chi connectivity index (χ0n) is 65.6. The summed E-state index contributed by atoms with van der Waals surface area (Å²) < 4.78 is 34.4. The number of likely N-dealkylation sites (tertiary alicyclic amines) is 1. The van der Waals surface area contributed by atoms with Gasteiger partial charge < -0.3 is 38.2 Å². The van der Waals surface area contributed by atoms with Crippen molar-refractivity contribution in [2.45, 2.75) is 361 Å². The number of unbranched alkanes of at least 4 members (excludes halogenated alkanes) is 28. The van der Waals surface area contributed by atoms with Gasteiger partial charge in [-0.2, -0.15) is 0 Å². The molecule has 0 bridgehead atoms. The van der Waals surface area contributed by atoms with Gasteiger partial charge >= 0.3 is 35.8 Å². The number of benzene rings is 2. The Bertz CT molecular complexity index is 2350. The zero-order chi connectivity index (χ0) is 73.6. The van der Waals surface area contributed by atoms with Crippen LogP contribution in [0, 0.1) is 11.8 Å². The molecule has 1 aliphatic rings. The Balaban J connectivity index is 1.12. The maximum atomic E-state index is 12.8. The fourth-order valence-corrected chi connectivity index (χ4v) is 15.4. The molecule has 14 nitrogen and oxygen atoms in total. The molecule has 1 aliphatic heterocycles.